The van der Waals surface area contributed by atoms with Gasteiger partial charge in [0.15, 0.2) is 0 Å². The van der Waals surface area contributed by atoms with Crippen LogP contribution in [0.25, 0.3) is 0 Å². The van der Waals surface area contributed by atoms with E-state index in [0.29, 0.717) is 0 Å². The van der Waals surface area contributed by atoms with Gasteiger partial charge in [0.05, 0.1) is 0 Å². The van der Waals surface area contributed by atoms with Gasteiger partial charge in [0.2, 0.25) is 5.95 Å². The Hall–Kier alpha value is -2.88. The first-order chi connectivity index (χ1) is 13.2. The maximum absolute atomic E-state index is 4.96. The van der Waals surface area contributed by atoms with E-state index >= 15 is 0 Å². The van der Waals surface area contributed by atoms with E-state index in [1.54, 1.807) is 0 Å². The Morgan fingerprint density at radius 3 is 2.59 bits per heavy atom. The average molecular weight is 358 g/mol. The van der Waals surface area contributed by atoms with Crippen LogP contribution in [0.3, 0.4) is 0 Å². The summed E-state index contributed by atoms with van der Waals surface area (Å²) in [6.07, 6.45) is 2.26. The molecule has 0 saturated heterocycles. The highest BCUT2D eigenvalue weighted by Crippen LogP contribution is 2.32. The van der Waals surface area contributed by atoms with Crippen molar-refractivity contribution in [2.75, 3.05) is 22.9 Å². The van der Waals surface area contributed by atoms with E-state index in [1.165, 1.54) is 16.8 Å². The molecule has 0 unspecified atom stereocenters. The largest absolute Gasteiger partial charge is 0.352 e. The van der Waals surface area contributed by atoms with Gasteiger partial charge in [-0.2, -0.15) is 4.98 Å². The second-order valence-corrected chi connectivity index (χ2v) is 7.05. The summed E-state index contributed by atoms with van der Waals surface area (Å²) in [6, 6.07) is 21.3. The Balaban J connectivity index is 1.67. The first-order valence-corrected chi connectivity index (χ1v) is 9.74. The highest BCUT2D eigenvalue weighted by Gasteiger charge is 2.21. The van der Waals surface area contributed by atoms with E-state index in [4.69, 9.17) is 9.97 Å². The minimum atomic E-state index is 0.809. The minimum absolute atomic E-state index is 0.809. The lowest BCUT2D eigenvalue weighted by molar-refractivity contribution is 0.742. The highest BCUT2D eigenvalue weighted by atomic mass is 15.3. The third-order valence-corrected chi connectivity index (χ3v) is 5.10. The molecule has 0 radical (unpaired) electrons. The minimum Gasteiger partial charge on any atom is -0.352 e. The van der Waals surface area contributed by atoms with Gasteiger partial charge >= 0.3 is 0 Å². The number of aromatic nitrogens is 2. The van der Waals surface area contributed by atoms with Crippen LogP contribution in [0.1, 0.15) is 30.2 Å². The van der Waals surface area contributed by atoms with E-state index in [0.717, 1.165) is 49.9 Å². The van der Waals surface area contributed by atoms with Crippen LogP contribution in [-0.2, 0) is 13.0 Å². The second-order valence-electron chi connectivity index (χ2n) is 7.05. The van der Waals surface area contributed by atoms with Crippen LogP contribution in [0.15, 0.2) is 60.7 Å². The topological polar surface area (TPSA) is 32.3 Å². The number of anilines is 3. The maximum Gasteiger partial charge on any atom is 0.232 e. The smallest absolute Gasteiger partial charge is 0.232 e. The third-order valence-electron chi connectivity index (χ3n) is 5.10. The fourth-order valence-electron chi connectivity index (χ4n) is 3.72. The van der Waals surface area contributed by atoms with Crippen molar-refractivity contribution in [2.45, 2.75) is 33.2 Å². The zero-order valence-electron chi connectivity index (χ0n) is 16.1. The van der Waals surface area contributed by atoms with Gasteiger partial charge in [0, 0.05) is 37.1 Å². The number of rotatable bonds is 5. The molecule has 4 nitrogen and oxygen atoms in total. The van der Waals surface area contributed by atoms with Gasteiger partial charge in [-0.15, -0.1) is 0 Å². The molecule has 0 atom stereocenters. The Bertz CT molecular complexity index is 907. The molecule has 0 N–H and O–H groups in total. The lowest BCUT2D eigenvalue weighted by atomic mass is 10.0. The van der Waals surface area contributed by atoms with Crippen LogP contribution in [0.2, 0.25) is 0 Å². The lowest BCUT2D eigenvalue weighted by Gasteiger charge is -2.31. The highest BCUT2D eigenvalue weighted by molar-refractivity contribution is 5.64. The number of aryl methyl sites for hydroxylation is 2. The molecule has 1 aromatic heterocycles. The second kappa shape index (κ2) is 7.78. The number of fused-ring (bicyclic) bond motifs is 1. The molecule has 138 valence electrons. The normalized spacial score (nSPS) is 13.3. The first kappa shape index (κ1) is 17.5. The summed E-state index contributed by atoms with van der Waals surface area (Å²) in [7, 11) is 0. The van der Waals surface area contributed by atoms with E-state index in [1.807, 2.05) is 0 Å². The summed E-state index contributed by atoms with van der Waals surface area (Å²) in [5.41, 5.74) is 4.92. The molecule has 2 heterocycles. The van der Waals surface area contributed by atoms with Crippen molar-refractivity contribution >= 4 is 17.5 Å². The molecule has 0 aliphatic carbocycles. The van der Waals surface area contributed by atoms with Gasteiger partial charge in [-0.1, -0.05) is 48.5 Å². The van der Waals surface area contributed by atoms with Crippen molar-refractivity contribution in [2.24, 2.45) is 0 Å². The van der Waals surface area contributed by atoms with Crippen LogP contribution < -0.4 is 9.80 Å². The van der Waals surface area contributed by atoms with Crippen molar-refractivity contribution in [3.8, 4) is 0 Å². The molecule has 4 rings (SSSR count). The van der Waals surface area contributed by atoms with Gasteiger partial charge in [0.1, 0.15) is 5.82 Å². The fourth-order valence-corrected chi connectivity index (χ4v) is 3.72. The van der Waals surface area contributed by atoms with E-state index in [9.17, 15) is 0 Å². The summed E-state index contributed by atoms with van der Waals surface area (Å²) in [5, 5.41) is 0. The lowest BCUT2D eigenvalue weighted by Crippen LogP contribution is -2.28. The molecule has 2 aromatic carbocycles. The van der Waals surface area contributed by atoms with Crippen molar-refractivity contribution in [1.82, 2.24) is 9.97 Å². The van der Waals surface area contributed by atoms with Gasteiger partial charge in [-0.25, -0.2) is 4.98 Å². The van der Waals surface area contributed by atoms with E-state index in [-0.39, 0.29) is 0 Å². The Kier molecular flexibility index (Phi) is 5.05. The average Bonchev–Trinajstić information content (AvgIpc) is 2.72. The summed E-state index contributed by atoms with van der Waals surface area (Å²) < 4.78 is 0. The van der Waals surface area contributed by atoms with Crippen LogP contribution in [0.4, 0.5) is 17.5 Å². The van der Waals surface area contributed by atoms with Gasteiger partial charge in [0.25, 0.3) is 0 Å². The van der Waals surface area contributed by atoms with Crippen LogP contribution in [0.5, 0.6) is 0 Å². The Labute approximate surface area is 161 Å². The summed E-state index contributed by atoms with van der Waals surface area (Å²) in [6.45, 7) is 6.95. The molecule has 1 aliphatic rings. The molecule has 4 heteroatoms. The molecule has 27 heavy (non-hydrogen) atoms. The molecule has 0 saturated carbocycles. The number of nitrogens with zero attached hydrogens (tertiary/aromatic N) is 4. The van der Waals surface area contributed by atoms with Gasteiger partial charge in [-0.3, -0.25) is 0 Å². The van der Waals surface area contributed by atoms with Crippen LogP contribution >= 0.6 is 0 Å². The van der Waals surface area contributed by atoms with Crippen LogP contribution in [-0.4, -0.2) is 23.1 Å². The number of para-hydroxylation sites is 1. The third kappa shape index (κ3) is 3.80. The van der Waals surface area contributed by atoms with Crippen molar-refractivity contribution in [1.29, 1.82) is 0 Å². The first-order valence-electron chi connectivity index (χ1n) is 9.74. The van der Waals surface area contributed by atoms with E-state index in [2.05, 4.69) is 84.3 Å². The van der Waals surface area contributed by atoms with Gasteiger partial charge in [-0.05, 0) is 43.9 Å². The Morgan fingerprint density at radius 1 is 1.00 bits per heavy atom. The predicted octanol–water partition coefficient (Wildman–Crippen LogP) is 4.90. The fraction of sp³-hybridized carbons (Fsp3) is 0.304. The summed E-state index contributed by atoms with van der Waals surface area (Å²) >= 11 is 0. The molecule has 1 aliphatic heterocycles. The molecule has 0 bridgehead atoms. The van der Waals surface area contributed by atoms with Gasteiger partial charge < -0.3 is 9.80 Å². The van der Waals surface area contributed by atoms with Crippen LogP contribution in [0, 0.1) is 6.92 Å². The molecule has 3 aromatic rings. The predicted molar refractivity (Wildman–Crippen MR) is 112 cm³/mol. The number of hydrogen-bond donors (Lipinski definition) is 0. The zero-order chi connectivity index (χ0) is 18.6. The zero-order valence-corrected chi connectivity index (χ0v) is 16.1. The van der Waals surface area contributed by atoms with E-state index < -0.39 is 0 Å². The standard InChI is InChI=1S/C23H26N4/c1-3-26(17-19-10-5-4-6-11-19)22-16-18(2)24-23(25-22)27-15-9-13-20-12-7-8-14-21(20)27/h4-8,10-12,14,16H,3,9,13,15,17H2,1-2H3. The number of hydrogen-bond acceptors (Lipinski definition) is 4. The SMILES string of the molecule is CCN(Cc1ccccc1)c1cc(C)nc(N2CCCc3ccccc32)n1. The molecular formula is C23H26N4. The molecule has 0 spiro atoms. The van der Waals surface area contributed by atoms with Crippen molar-refractivity contribution < 1.29 is 0 Å². The maximum atomic E-state index is 4.96. The molecular weight excluding hydrogens is 332 g/mol. The van der Waals surface area contributed by atoms with Crippen molar-refractivity contribution in [3.63, 3.8) is 0 Å². The molecule has 0 amide bonds. The number of benzene rings is 2. The Morgan fingerprint density at radius 2 is 1.78 bits per heavy atom. The summed E-state index contributed by atoms with van der Waals surface area (Å²) in [5.74, 6) is 1.80. The summed E-state index contributed by atoms with van der Waals surface area (Å²) in [4.78, 5) is 14.3. The monoisotopic (exact) mass is 358 g/mol. The van der Waals surface area contributed by atoms with Crippen molar-refractivity contribution in [3.05, 3.63) is 77.5 Å². The quantitative estimate of drug-likeness (QED) is 0.650. The molecule has 0 fully saturated rings.